The zero-order valence-electron chi connectivity index (χ0n) is 71.2. The third-order valence-corrected chi connectivity index (χ3v) is 24.6. The van der Waals surface area contributed by atoms with Crippen molar-refractivity contribution in [3.8, 4) is 91.5 Å². The lowest BCUT2D eigenvalue weighted by atomic mass is 9.91. The number of aromatic nitrogens is 12. The first-order chi connectivity index (χ1) is 60.3. The average molecular weight is 1700 g/mol. The highest BCUT2D eigenvalue weighted by molar-refractivity contribution is 5.92. The molecule has 12 heterocycles. The van der Waals surface area contributed by atoms with Gasteiger partial charge in [0.05, 0.1) is 65.2 Å². The van der Waals surface area contributed by atoms with Crippen LogP contribution in [0.1, 0.15) is 100 Å². The summed E-state index contributed by atoms with van der Waals surface area (Å²) >= 11 is 0. The van der Waals surface area contributed by atoms with Gasteiger partial charge in [-0.05, 0) is 202 Å². The zero-order valence-corrected chi connectivity index (χ0v) is 71.2. The van der Waals surface area contributed by atoms with Gasteiger partial charge in [-0.2, -0.15) is 39.9 Å². The fourth-order valence-corrected chi connectivity index (χ4v) is 17.5. The molecule has 4 saturated heterocycles. The minimum atomic E-state index is -0.669. The predicted molar refractivity (Wildman–Crippen MR) is 473 cm³/mol. The maximum atomic E-state index is 14.5. The molecule has 125 heavy (non-hydrogen) atoms. The van der Waals surface area contributed by atoms with Gasteiger partial charge in [-0.1, -0.05) is 0 Å². The number of hydrogen-bond acceptors (Lipinski definition) is 29. The number of benzene rings is 4. The number of piperidine rings is 1. The fraction of sp³-hybridized carbons (Fsp3) is 0.348. The van der Waals surface area contributed by atoms with Crippen LogP contribution in [0, 0.1) is 51.0 Å². The smallest absolute Gasteiger partial charge is 0.324 e. The minimum absolute atomic E-state index is 0.0744. The number of rotatable bonds is 17. The Bertz CT molecular complexity index is 6110. The number of aliphatic hydroxyl groups excluding tert-OH is 1. The summed E-state index contributed by atoms with van der Waals surface area (Å²) in [6.45, 7) is 16.5. The number of ether oxygens (including phenoxy) is 4. The van der Waals surface area contributed by atoms with Gasteiger partial charge >= 0.3 is 24.0 Å². The average Bonchev–Trinajstić information content (AvgIpc) is 1.56. The summed E-state index contributed by atoms with van der Waals surface area (Å²) < 4.78 is 81.5. The molecule has 1 spiro atoms. The number of pyridine rings is 4. The van der Waals surface area contributed by atoms with Crippen LogP contribution in [-0.2, 0) is 25.7 Å². The Morgan fingerprint density at radius 1 is 0.456 bits per heavy atom. The number of nitrogens with one attached hydrogen (secondary N) is 6. The fourth-order valence-electron chi connectivity index (χ4n) is 17.5. The second-order valence-electron chi connectivity index (χ2n) is 33.4. The molecule has 9 aliphatic rings. The highest BCUT2D eigenvalue weighted by atomic mass is 19.1. The SMILES string of the molecule is CNc1cc(F)cc2c1Cc1nc(Oc3ccc(C)nc3)nc(N(C)C3CNC3)c1-2.CNc1cc(F)cc2c1Cc1nc(Oc3ccc(C)nc3)nc(N3CC(O)[C@@H](N)C3)c1-2.CNc1cc(F)cc2c1Cc1nc(Oc3ccc(C)nc3)nc(N3CCC(C)(N)CC3)c1-2.CNc1cc(F)cc2c1Cc1nc(Oc3ccc(C)nc3)nc(N3CCNCC34CC4)c1-2. The van der Waals surface area contributed by atoms with Crippen molar-refractivity contribution >= 4 is 46.0 Å². The van der Waals surface area contributed by atoms with E-state index in [0.29, 0.717) is 85.3 Å². The molecule has 4 aromatic carbocycles. The molecule has 21 rings (SSSR count). The van der Waals surface area contributed by atoms with E-state index < -0.39 is 12.1 Å². The third kappa shape index (κ3) is 16.8. The Morgan fingerprint density at radius 2 is 0.816 bits per heavy atom. The number of piperazine rings is 1. The number of nitrogens with zero attached hydrogens (tertiary/aromatic N) is 16. The van der Waals surface area contributed by atoms with E-state index in [1.807, 2.05) is 89.2 Å². The summed E-state index contributed by atoms with van der Waals surface area (Å²) in [5.74, 6) is 4.05. The zero-order chi connectivity index (χ0) is 86.9. The molecule has 0 radical (unpaired) electrons. The Balaban J connectivity index is 0.000000113. The van der Waals surface area contributed by atoms with E-state index in [9.17, 15) is 22.7 Å². The Hall–Kier alpha value is -13.1. The van der Waals surface area contributed by atoms with Gasteiger partial charge in [-0.15, -0.1) is 0 Å². The summed E-state index contributed by atoms with van der Waals surface area (Å²) in [6, 6.07) is 28.2. The van der Waals surface area contributed by atoms with E-state index in [-0.39, 0.29) is 52.4 Å². The molecule has 644 valence electrons. The molecular weight excluding hydrogens is 1600 g/mol. The van der Waals surface area contributed by atoms with Crippen LogP contribution in [0.2, 0.25) is 0 Å². The first-order valence-corrected chi connectivity index (χ1v) is 42.1. The van der Waals surface area contributed by atoms with Crippen molar-refractivity contribution in [1.82, 2.24) is 70.4 Å². The number of likely N-dealkylation sites (N-methyl/N-ethyl adjacent to an activating group) is 1. The van der Waals surface area contributed by atoms with E-state index in [2.05, 4.69) is 88.4 Å². The summed E-state index contributed by atoms with van der Waals surface area (Å²) in [5, 5.41) is 29.4. The van der Waals surface area contributed by atoms with Crippen LogP contribution < -0.4 is 81.9 Å². The molecule has 5 fully saturated rings. The van der Waals surface area contributed by atoms with Crippen molar-refractivity contribution in [1.29, 1.82) is 0 Å². The molecule has 1 unspecified atom stereocenters. The van der Waals surface area contributed by atoms with Crippen LogP contribution in [0.3, 0.4) is 0 Å². The van der Waals surface area contributed by atoms with Crippen LogP contribution >= 0.6 is 0 Å². The van der Waals surface area contributed by atoms with Crippen LogP contribution in [0.15, 0.2) is 122 Å². The van der Waals surface area contributed by atoms with Crippen LogP contribution in [0.5, 0.6) is 47.0 Å². The van der Waals surface area contributed by atoms with Crippen LogP contribution in [0.25, 0.3) is 44.5 Å². The summed E-state index contributed by atoms with van der Waals surface area (Å²) in [7, 11) is 9.20. The normalized spacial score (nSPS) is 17.1. The van der Waals surface area contributed by atoms with Crippen molar-refractivity contribution in [2.75, 3.05) is 135 Å². The Morgan fingerprint density at radius 3 is 1.16 bits per heavy atom. The summed E-state index contributed by atoms with van der Waals surface area (Å²) in [4.78, 5) is 63.6. The number of fused-ring (bicyclic) bond motifs is 12. The van der Waals surface area contributed by atoms with Gasteiger partial charge in [0.25, 0.3) is 0 Å². The molecule has 1 saturated carbocycles. The maximum absolute atomic E-state index is 14.5. The van der Waals surface area contributed by atoms with Gasteiger partial charge in [-0.3, -0.25) is 19.9 Å². The van der Waals surface area contributed by atoms with Crippen molar-refractivity contribution < 1.29 is 41.6 Å². The van der Waals surface area contributed by atoms with E-state index in [4.69, 9.17) is 55.3 Å². The number of anilines is 8. The lowest BCUT2D eigenvalue weighted by Crippen LogP contribution is -2.56. The second-order valence-corrected chi connectivity index (χ2v) is 33.4. The van der Waals surface area contributed by atoms with E-state index in [1.165, 1.54) is 24.3 Å². The first-order valence-electron chi connectivity index (χ1n) is 42.1. The molecule has 11 N–H and O–H groups in total. The van der Waals surface area contributed by atoms with Gasteiger partial charge in [-0.25, -0.2) is 17.6 Å². The number of hydrogen-bond donors (Lipinski definition) is 9. The second kappa shape index (κ2) is 33.9. The largest absolute Gasteiger partial charge is 0.423 e. The third-order valence-electron chi connectivity index (χ3n) is 24.6. The van der Waals surface area contributed by atoms with Crippen molar-refractivity contribution in [3.05, 3.63) is 213 Å². The molecule has 12 aromatic rings. The van der Waals surface area contributed by atoms with E-state index in [0.717, 1.165) is 218 Å². The summed E-state index contributed by atoms with van der Waals surface area (Å²) in [5.41, 5.74) is 33.0. The van der Waals surface area contributed by atoms with Gasteiger partial charge in [0.2, 0.25) is 0 Å². The summed E-state index contributed by atoms with van der Waals surface area (Å²) in [6.07, 6.45) is 12.2. The van der Waals surface area contributed by atoms with Crippen molar-refractivity contribution in [2.24, 2.45) is 11.5 Å². The van der Waals surface area contributed by atoms with Gasteiger partial charge < -0.3 is 87.0 Å². The predicted octanol–water partition coefficient (Wildman–Crippen LogP) is 13.1. The highest BCUT2D eigenvalue weighted by Crippen LogP contribution is 2.54. The number of aliphatic hydroxyl groups is 1. The lowest BCUT2D eigenvalue weighted by Gasteiger charge is -2.38. The van der Waals surface area contributed by atoms with Crippen LogP contribution in [-0.4, -0.2) is 188 Å². The maximum Gasteiger partial charge on any atom is 0.324 e. The van der Waals surface area contributed by atoms with Crippen LogP contribution in [0.4, 0.5) is 63.6 Å². The van der Waals surface area contributed by atoms with E-state index >= 15 is 0 Å². The molecule has 29 nitrogen and oxygen atoms in total. The number of halogens is 4. The van der Waals surface area contributed by atoms with Gasteiger partial charge in [0.15, 0.2) is 0 Å². The molecule has 33 heteroatoms. The number of aryl methyl sites for hydroxylation is 4. The number of nitrogens with two attached hydrogens (primary N) is 2. The van der Waals surface area contributed by atoms with E-state index in [1.54, 1.807) is 76.3 Å². The molecule has 0 bridgehead atoms. The minimum Gasteiger partial charge on any atom is -0.423 e. The first kappa shape index (κ1) is 82.8. The van der Waals surface area contributed by atoms with Gasteiger partial charge in [0, 0.05) is 199 Å². The topological polar surface area (TPSA) is 349 Å². The monoisotopic (exact) mass is 1690 g/mol. The Labute approximate surface area is 720 Å². The highest BCUT2D eigenvalue weighted by Gasteiger charge is 2.51. The van der Waals surface area contributed by atoms with Crippen molar-refractivity contribution in [3.63, 3.8) is 0 Å². The molecule has 5 aliphatic carbocycles. The standard InChI is InChI=1S/C24H25FN6O.C24H27FN6O.C22H23FN6O2.C22H23FN6O/c1-14-3-4-16(12-28-14)32-23-29-20-11-17-18(9-15(25)10-19(17)26-2)21(20)22(30-23)31-8-7-27-13-24(31)5-6-24;1-14-4-5-16(13-28-14)32-23-29-20-12-17-18(10-15(25)11-19(17)27-3)21(20)22(30-23)31-8-6-24(2,26)7-9-31;1-11-3-4-13(8-26-11)31-22-27-18-7-14-15(5-12(23)6-17(14)25-2)20(18)21(28-22)29-9-16(24)19(30)10-29;1-12-4-5-15(11-26-12)30-22-27-19-8-16-17(6-13(23)7-18(16)24-2)20(19)21(28-22)29(3)14-9-25-10-14/h3-4,9-10,12,26-27H,5-8,11,13H2,1-2H3;4-5,10-11,13,27H,6-9,12,26H2,1-3H3;3-6,8,16,19,25,30H,7,9-10,24H2,1-2H3;4-7,11,14,24-25H,8-10H2,1-3H3/t;;16-,19?;/m..0./s1. The molecule has 4 aliphatic heterocycles. The lowest BCUT2D eigenvalue weighted by molar-refractivity contribution is 0.180. The molecule has 8 aromatic heterocycles. The molecule has 0 amide bonds. The molecular formula is C92H98F4N24O5. The Kier molecular flexibility index (Phi) is 22.4. The molecule has 2 atom stereocenters. The van der Waals surface area contributed by atoms with Crippen molar-refractivity contribution in [2.45, 2.75) is 115 Å². The number of β-amino-alcohol motifs (C(OH)–C–C–N with tert-alkyl or cyclic N) is 1. The quantitative estimate of drug-likeness (QED) is 0.0382. The van der Waals surface area contributed by atoms with Gasteiger partial charge in [0.1, 0.15) is 69.5 Å².